The molecule has 2 aromatic rings. The summed E-state index contributed by atoms with van der Waals surface area (Å²) in [5, 5.41) is 0. The Hall–Kier alpha value is -2.76. The second-order valence-electron chi connectivity index (χ2n) is 5.62. The molecule has 0 saturated heterocycles. The minimum atomic E-state index is -0.370. The number of nitrogens with zero attached hydrogens (tertiary/aromatic N) is 1. The van der Waals surface area contributed by atoms with Crippen molar-refractivity contribution in [1.82, 2.24) is 9.88 Å². The Morgan fingerprint density at radius 3 is 2.75 bits per heavy atom. The van der Waals surface area contributed by atoms with Gasteiger partial charge in [-0.2, -0.15) is 0 Å². The summed E-state index contributed by atoms with van der Waals surface area (Å²) >= 11 is 0. The fourth-order valence-electron chi connectivity index (χ4n) is 2.71. The lowest BCUT2D eigenvalue weighted by Crippen LogP contribution is -2.36. The summed E-state index contributed by atoms with van der Waals surface area (Å²) in [6.07, 6.45) is 0.336. The second kappa shape index (κ2) is 7.21. The zero-order valence-corrected chi connectivity index (χ0v) is 13.6. The molecule has 1 aliphatic rings. The Balaban J connectivity index is 1.60. The van der Waals surface area contributed by atoms with E-state index in [-0.39, 0.29) is 18.7 Å². The predicted octanol–water partition coefficient (Wildman–Crippen LogP) is 2.89. The lowest BCUT2D eigenvalue weighted by molar-refractivity contribution is 0.0520. The smallest absolute Gasteiger partial charge is 0.410 e. The molecule has 1 N–H and O–H groups in total. The third-order valence-corrected chi connectivity index (χ3v) is 3.95. The van der Waals surface area contributed by atoms with Crippen LogP contribution in [0.5, 0.6) is 0 Å². The molecule has 0 unspecified atom stereocenters. The van der Waals surface area contributed by atoms with Gasteiger partial charge in [-0.3, -0.25) is 0 Å². The number of hydrogen-bond acceptors (Lipinski definition) is 4. The van der Waals surface area contributed by atoms with Crippen LogP contribution in [0, 0.1) is 0 Å². The van der Waals surface area contributed by atoms with Crippen LogP contribution in [-0.4, -0.2) is 35.1 Å². The van der Waals surface area contributed by atoms with Crippen molar-refractivity contribution in [2.24, 2.45) is 0 Å². The SMILES string of the molecule is CCOC(=O)c1cc2c([nH]1)CN(C(=O)OCc1ccccc1)CC2. The highest BCUT2D eigenvalue weighted by molar-refractivity contribution is 5.88. The number of carbonyl (C=O) groups excluding carboxylic acids is 2. The quantitative estimate of drug-likeness (QED) is 0.876. The van der Waals surface area contributed by atoms with Gasteiger partial charge in [-0.25, -0.2) is 9.59 Å². The molecule has 0 bridgehead atoms. The normalized spacial score (nSPS) is 13.3. The molecule has 0 spiro atoms. The summed E-state index contributed by atoms with van der Waals surface area (Å²) in [4.78, 5) is 28.7. The van der Waals surface area contributed by atoms with Crippen LogP contribution in [0.15, 0.2) is 36.4 Å². The zero-order valence-electron chi connectivity index (χ0n) is 13.6. The molecule has 0 aliphatic carbocycles. The number of rotatable bonds is 4. The van der Waals surface area contributed by atoms with Crippen molar-refractivity contribution in [3.63, 3.8) is 0 Å². The van der Waals surface area contributed by atoms with Crippen molar-refractivity contribution in [1.29, 1.82) is 0 Å². The number of nitrogens with one attached hydrogen (secondary N) is 1. The highest BCUT2D eigenvalue weighted by Crippen LogP contribution is 2.21. The number of fused-ring (bicyclic) bond motifs is 1. The Morgan fingerprint density at radius 2 is 2.00 bits per heavy atom. The third-order valence-electron chi connectivity index (χ3n) is 3.95. The van der Waals surface area contributed by atoms with Crippen LogP contribution in [0.3, 0.4) is 0 Å². The van der Waals surface area contributed by atoms with Crippen molar-refractivity contribution in [3.05, 3.63) is 58.9 Å². The summed E-state index contributed by atoms with van der Waals surface area (Å²) in [5.74, 6) is -0.370. The first-order valence-electron chi connectivity index (χ1n) is 8.01. The Kier molecular flexibility index (Phi) is 4.84. The number of carbonyl (C=O) groups is 2. The van der Waals surface area contributed by atoms with Crippen LogP contribution >= 0.6 is 0 Å². The van der Waals surface area contributed by atoms with Crippen LogP contribution in [-0.2, 0) is 29.0 Å². The minimum absolute atomic E-state index is 0.252. The van der Waals surface area contributed by atoms with Gasteiger partial charge in [0.05, 0.1) is 13.2 Å². The topological polar surface area (TPSA) is 71.6 Å². The van der Waals surface area contributed by atoms with Crippen LogP contribution in [0.1, 0.15) is 34.2 Å². The van der Waals surface area contributed by atoms with Crippen molar-refractivity contribution in [2.75, 3.05) is 13.2 Å². The molecule has 24 heavy (non-hydrogen) atoms. The number of amides is 1. The number of aromatic nitrogens is 1. The average Bonchev–Trinajstić information content (AvgIpc) is 3.04. The van der Waals surface area contributed by atoms with E-state index in [0.29, 0.717) is 31.8 Å². The lowest BCUT2D eigenvalue weighted by Gasteiger charge is -2.26. The molecule has 6 nitrogen and oxygen atoms in total. The molecule has 1 aromatic carbocycles. The molecule has 126 valence electrons. The molecule has 0 atom stereocenters. The van der Waals surface area contributed by atoms with E-state index in [1.165, 1.54) is 0 Å². The van der Waals surface area contributed by atoms with E-state index >= 15 is 0 Å². The van der Waals surface area contributed by atoms with E-state index in [0.717, 1.165) is 16.8 Å². The van der Waals surface area contributed by atoms with E-state index in [1.807, 2.05) is 30.3 Å². The van der Waals surface area contributed by atoms with Crippen molar-refractivity contribution >= 4 is 12.1 Å². The maximum atomic E-state index is 12.2. The minimum Gasteiger partial charge on any atom is -0.461 e. The fraction of sp³-hybridized carbons (Fsp3) is 0.333. The van der Waals surface area contributed by atoms with Crippen LogP contribution in [0.2, 0.25) is 0 Å². The van der Waals surface area contributed by atoms with Crippen molar-refractivity contribution < 1.29 is 19.1 Å². The van der Waals surface area contributed by atoms with Crippen molar-refractivity contribution in [3.8, 4) is 0 Å². The van der Waals surface area contributed by atoms with Gasteiger partial charge in [0.1, 0.15) is 12.3 Å². The van der Waals surface area contributed by atoms with Crippen LogP contribution in [0.25, 0.3) is 0 Å². The number of esters is 1. The van der Waals surface area contributed by atoms with E-state index in [2.05, 4.69) is 4.98 Å². The summed E-state index contributed by atoms with van der Waals surface area (Å²) in [6, 6.07) is 11.4. The monoisotopic (exact) mass is 328 g/mol. The first-order valence-corrected chi connectivity index (χ1v) is 8.01. The van der Waals surface area contributed by atoms with Gasteiger partial charge < -0.3 is 19.4 Å². The second-order valence-corrected chi connectivity index (χ2v) is 5.62. The van der Waals surface area contributed by atoms with E-state index < -0.39 is 0 Å². The molecule has 1 aliphatic heterocycles. The summed E-state index contributed by atoms with van der Waals surface area (Å²) < 4.78 is 10.3. The van der Waals surface area contributed by atoms with Gasteiger partial charge in [0.15, 0.2) is 0 Å². The highest BCUT2D eigenvalue weighted by Gasteiger charge is 2.25. The molecule has 1 aromatic heterocycles. The van der Waals surface area contributed by atoms with E-state index in [4.69, 9.17) is 9.47 Å². The Bertz CT molecular complexity index is 724. The molecular weight excluding hydrogens is 308 g/mol. The molecule has 0 radical (unpaired) electrons. The van der Waals surface area contributed by atoms with E-state index in [9.17, 15) is 9.59 Å². The largest absolute Gasteiger partial charge is 0.461 e. The third kappa shape index (κ3) is 3.59. The van der Waals surface area contributed by atoms with Crippen LogP contribution < -0.4 is 0 Å². The standard InChI is InChI=1S/C18H20N2O4/c1-2-23-17(21)15-10-14-8-9-20(11-16(14)19-15)18(22)24-12-13-6-4-3-5-7-13/h3-7,10,19H,2,8-9,11-12H2,1H3. The maximum absolute atomic E-state index is 12.2. The number of hydrogen-bond donors (Lipinski definition) is 1. The molecule has 3 rings (SSSR count). The first-order chi connectivity index (χ1) is 11.7. The lowest BCUT2D eigenvalue weighted by atomic mass is 10.1. The maximum Gasteiger partial charge on any atom is 0.410 e. The van der Waals surface area contributed by atoms with Gasteiger partial charge in [0.2, 0.25) is 0 Å². The molecule has 0 fully saturated rings. The summed E-state index contributed by atoms with van der Waals surface area (Å²) in [7, 11) is 0. The van der Waals surface area contributed by atoms with Gasteiger partial charge in [-0.15, -0.1) is 0 Å². The molecular formula is C18H20N2O4. The highest BCUT2D eigenvalue weighted by atomic mass is 16.6. The first kappa shape index (κ1) is 16.1. The van der Waals surface area contributed by atoms with Crippen molar-refractivity contribution in [2.45, 2.75) is 26.5 Å². The Morgan fingerprint density at radius 1 is 1.21 bits per heavy atom. The molecule has 0 saturated carbocycles. The van der Waals surface area contributed by atoms with Crippen LogP contribution in [0.4, 0.5) is 4.79 Å². The fourth-order valence-corrected chi connectivity index (χ4v) is 2.71. The number of aromatic amines is 1. The van der Waals surface area contributed by atoms with Gasteiger partial charge in [0.25, 0.3) is 0 Å². The number of H-pyrrole nitrogens is 1. The summed E-state index contributed by atoms with van der Waals surface area (Å²) in [6.45, 7) is 3.33. The predicted molar refractivity (Wildman–Crippen MR) is 87.5 cm³/mol. The molecule has 1 amide bonds. The van der Waals surface area contributed by atoms with Gasteiger partial charge in [-0.1, -0.05) is 30.3 Å². The zero-order chi connectivity index (χ0) is 16.9. The average molecular weight is 328 g/mol. The Labute approximate surface area is 140 Å². The number of benzene rings is 1. The van der Waals surface area contributed by atoms with Gasteiger partial charge >= 0.3 is 12.1 Å². The molecule has 6 heteroatoms. The summed E-state index contributed by atoms with van der Waals surface area (Å²) in [5.41, 5.74) is 3.29. The van der Waals surface area contributed by atoms with Gasteiger partial charge in [-0.05, 0) is 30.5 Å². The van der Waals surface area contributed by atoms with E-state index in [1.54, 1.807) is 17.9 Å². The number of ether oxygens (including phenoxy) is 2. The molecule has 2 heterocycles. The van der Waals surface area contributed by atoms with Gasteiger partial charge in [0, 0.05) is 12.2 Å².